The van der Waals surface area contributed by atoms with E-state index in [1.807, 2.05) is 0 Å². The van der Waals surface area contributed by atoms with Gasteiger partial charge in [-0.2, -0.15) is 11.8 Å². The Hall–Kier alpha value is -1.91. The quantitative estimate of drug-likeness (QED) is 0.700. The molecule has 0 aromatic carbocycles. The number of amides is 1. The Bertz CT molecular complexity index is 576. The van der Waals surface area contributed by atoms with Gasteiger partial charge < -0.3 is 19.9 Å². The molecule has 21 heavy (non-hydrogen) atoms. The number of aliphatic carboxylic acids is 1. The van der Waals surface area contributed by atoms with Crippen molar-refractivity contribution in [3.63, 3.8) is 0 Å². The smallest absolute Gasteiger partial charge is 0.327 e. The monoisotopic (exact) mass is 311 g/mol. The number of nitrogens with one attached hydrogen (secondary N) is 1. The molecule has 0 bridgehead atoms. The summed E-state index contributed by atoms with van der Waals surface area (Å²) in [6.45, 7) is 3.05. The average Bonchev–Trinajstić information content (AvgIpc) is 2.83. The number of carboxylic acids is 1. The number of thioether (sulfide) groups is 1. The summed E-state index contributed by atoms with van der Waals surface area (Å²) in [4.78, 5) is 22.8. The first-order valence-corrected chi connectivity index (χ1v) is 7.50. The van der Waals surface area contributed by atoms with Crippen molar-refractivity contribution in [1.29, 1.82) is 0 Å². The number of rotatable bonds is 5. The molecule has 1 atom stereocenters. The highest BCUT2D eigenvalue weighted by molar-refractivity contribution is 7.98. The van der Waals surface area contributed by atoms with Crippen LogP contribution < -0.4 is 5.32 Å². The molecule has 0 aliphatic rings. The molecule has 1 amide bonds. The Morgan fingerprint density at radius 1 is 1.48 bits per heavy atom. The average molecular weight is 311 g/mol. The van der Waals surface area contributed by atoms with Gasteiger partial charge >= 0.3 is 5.97 Å². The van der Waals surface area contributed by atoms with E-state index in [1.54, 1.807) is 6.26 Å². The van der Waals surface area contributed by atoms with E-state index in [2.05, 4.69) is 17.2 Å². The Balaban J connectivity index is 2.78. The van der Waals surface area contributed by atoms with Crippen LogP contribution in [0.5, 0.6) is 0 Å². The molecule has 0 spiro atoms. The Kier molecular flexibility index (Phi) is 5.88. The standard InChI is InChI=1S/C14H17NO5S/c1-14(2,19)7-6-9-4-5-11(20-9)12(16)15-10(8-21-3)13(17)18/h4-5,10,19H,8H2,1-3H3,(H,15,16)(H,17,18)/t10-/m0/s1. The van der Waals surface area contributed by atoms with Crippen LogP contribution >= 0.6 is 11.8 Å². The second kappa shape index (κ2) is 7.20. The van der Waals surface area contributed by atoms with E-state index in [1.165, 1.54) is 37.7 Å². The zero-order valence-corrected chi connectivity index (χ0v) is 12.8. The minimum absolute atomic E-state index is 0.0256. The van der Waals surface area contributed by atoms with Gasteiger partial charge in [0, 0.05) is 5.75 Å². The van der Waals surface area contributed by atoms with E-state index < -0.39 is 23.5 Å². The summed E-state index contributed by atoms with van der Waals surface area (Å²) in [5, 5.41) is 20.8. The summed E-state index contributed by atoms with van der Waals surface area (Å²) in [7, 11) is 0. The predicted molar refractivity (Wildman–Crippen MR) is 79.2 cm³/mol. The lowest BCUT2D eigenvalue weighted by Crippen LogP contribution is -2.42. The van der Waals surface area contributed by atoms with E-state index in [0.717, 1.165) is 0 Å². The van der Waals surface area contributed by atoms with Crippen LogP contribution in [-0.2, 0) is 4.79 Å². The second-order valence-corrected chi connectivity index (χ2v) is 5.70. The fourth-order valence-electron chi connectivity index (χ4n) is 1.31. The minimum atomic E-state index is -1.16. The van der Waals surface area contributed by atoms with Gasteiger partial charge in [0.2, 0.25) is 0 Å². The van der Waals surface area contributed by atoms with Gasteiger partial charge in [0.05, 0.1) is 0 Å². The molecule has 0 saturated heterocycles. The van der Waals surface area contributed by atoms with Crippen LogP contribution in [0, 0.1) is 11.8 Å². The highest BCUT2D eigenvalue weighted by Gasteiger charge is 2.21. The summed E-state index contributed by atoms with van der Waals surface area (Å²) < 4.78 is 5.20. The summed E-state index contributed by atoms with van der Waals surface area (Å²) in [6.07, 6.45) is 1.75. The van der Waals surface area contributed by atoms with E-state index in [9.17, 15) is 14.7 Å². The maximum absolute atomic E-state index is 11.9. The van der Waals surface area contributed by atoms with Crippen molar-refractivity contribution in [3.05, 3.63) is 23.7 Å². The van der Waals surface area contributed by atoms with E-state index in [0.29, 0.717) is 0 Å². The van der Waals surface area contributed by atoms with Gasteiger partial charge in [0.25, 0.3) is 5.91 Å². The van der Waals surface area contributed by atoms with Crippen LogP contribution in [0.15, 0.2) is 16.5 Å². The normalized spacial score (nSPS) is 12.2. The third kappa shape index (κ3) is 5.94. The van der Waals surface area contributed by atoms with Crippen molar-refractivity contribution in [2.45, 2.75) is 25.5 Å². The first kappa shape index (κ1) is 17.1. The second-order valence-electron chi connectivity index (χ2n) is 4.79. The molecule has 1 aromatic heterocycles. The number of hydrogen-bond acceptors (Lipinski definition) is 5. The van der Waals surface area contributed by atoms with Gasteiger partial charge in [-0.15, -0.1) is 0 Å². The Morgan fingerprint density at radius 3 is 2.67 bits per heavy atom. The molecule has 0 radical (unpaired) electrons. The molecular formula is C14H17NO5S. The third-order valence-corrected chi connectivity index (χ3v) is 2.92. The van der Waals surface area contributed by atoms with Crippen LogP contribution in [0.4, 0.5) is 0 Å². The number of aliphatic hydroxyl groups is 1. The molecule has 7 heteroatoms. The highest BCUT2D eigenvalue weighted by Crippen LogP contribution is 2.08. The van der Waals surface area contributed by atoms with Crippen LogP contribution in [0.25, 0.3) is 0 Å². The number of carboxylic acid groups (broad SMARTS) is 1. The minimum Gasteiger partial charge on any atom is -0.480 e. The van der Waals surface area contributed by atoms with Crippen LogP contribution in [0.1, 0.15) is 30.2 Å². The largest absolute Gasteiger partial charge is 0.480 e. The maximum Gasteiger partial charge on any atom is 0.327 e. The van der Waals surface area contributed by atoms with Gasteiger partial charge in [0.15, 0.2) is 11.5 Å². The van der Waals surface area contributed by atoms with Crippen molar-refractivity contribution >= 4 is 23.6 Å². The number of carbonyl (C=O) groups excluding carboxylic acids is 1. The maximum atomic E-state index is 11.9. The highest BCUT2D eigenvalue weighted by atomic mass is 32.2. The SMILES string of the molecule is CSC[C@H](NC(=O)c1ccc(C#CC(C)(C)O)o1)C(=O)O. The van der Waals surface area contributed by atoms with Crippen LogP contribution in [0.2, 0.25) is 0 Å². The Morgan fingerprint density at radius 2 is 2.14 bits per heavy atom. The lowest BCUT2D eigenvalue weighted by molar-refractivity contribution is -0.138. The van der Waals surface area contributed by atoms with Gasteiger partial charge in [-0.25, -0.2) is 4.79 Å². The van der Waals surface area contributed by atoms with Gasteiger partial charge in [-0.3, -0.25) is 4.79 Å². The molecule has 6 nitrogen and oxygen atoms in total. The molecule has 1 aromatic rings. The van der Waals surface area contributed by atoms with E-state index >= 15 is 0 Å². The zero-order valence-electron chi connectivity index (χ0n) is 12.0. The van der Waals surface area contributed by atoms with E-state index in [-0.39, 0.29) is 17.3 Å². The van der Waals surface area contributed by atoms with E-state index in [4.69, 9.17) is 9.52 Å². The molecule has 0 aliphatic heterocycles. The van der Waals surface area contributed by atoms with Crippen molar-refractivity contribution in [2.24, 2.45) is 0 Å². The van der Waals surface area contributed by atoms with Gasteiger partial charge in [-0.1, -0.05) is 5.92 Å². The lowest BCUT2D eigenvalue weighted by Gasteiger charge is -2.11. The molecule has 3 N–H and O–H groups in total. The summed E-state index contributed by atoms with van der Waals surface area (Å²) in [5.74, 6) is 3.88. The molecule has 0 saturated carbocycles. The molecule has 0 aliphatic carbocycles. The summed E-state index contributed by atoms with van der Waals surface area (Å²) >= 11 is 1.32. The van der Waals surface area contributed by atoms with Gasteiger partial charge in [-0.05, 0) is 38.2 Å². The van der Waals surface area contributed by atoms with Crippen LogP contribution in [0.3, 0.4) is 0 Å². The topological polar surface area (TPSA) is 99.8 Å². The lowest BCUT2D eigenvalue weighted by atomic mass is 10.1. The van der Waals surface area contributed by atoms with Crippen LogP contribution in [-0.4, -0.2) is 45.7 Å². The molecule has 0 fully saturated rings. The Labute approximate surface area is 126 Å². The number of furan rings is 1. The molecule has 0 unspecified atom stereocenters. The summed E-state index contributed by atoms with van der Waals surface area (Å²) in [5.41, 5.74) is -1.16. The summed E-state index contributed by atoms with van der Waals surface area (Å²) in [6, 6.07) is 1.91. The fourth-order valence-corrected chi connectivity index (χ4v) is 1.87. The predicted octanol–water partition coefficient (Wildman–Crippen LogP) is 0.948. The fraction of sp³-hybridized carbons (Fsp3) is 0.429. The van der Waals surface area contributed by atoms with Crippen molar-refractivity contribution in [3.8, 4) is 11.8 Å². The molecule has 114 valence electrons. The van der Waals surface area contributed by atoms with Crippen molar-refractivity contribution < 1.29 is 24.2 Å². The number of carbonyl (C=O) groups is 2. The van der Waals surface area contributed by atoms with Crippen molar-refractivity contribution in [1.82, 2.24) is 5.32 Å². The van der Waals surface area contributed by atoms with Gasteiger partial charge in [0.1, 0.15) is 11.6 Å². The number of hydrogen-bond donors (Lipinski definition) is 3. The zero-order chi connectivity index (χ0) is 16.0. The first-order chi connectivity index (χ1) is 9.73. The first-order valence-electron chi connectivity index (χ1n) is 6.11. The van der Waals surface area contributed by atoms with Crippen molar-refractivity contribution in [2.75, 3.05) is 12.0 Å². The molecule has 1 heterocycles. The molecular weight excluding hydrogens is 294 g/mol. The third-order valence-electron chi connectivity index (χ3n) is 2.26. The molecule has 1 rings (SSSR count).